The molecule has 0 aliphatic carbocycles. The zero-order valence-electron chi connectivity index (χ0n) is 9.93. The number of hydrogen-bond donors (Lipinski definition) is 0. The molecule has 90 valence electrons. The van der Waals surface area contributed by atoms with E-state index in [0.717, 1.165) is 31.3 Å². The molecule has 1 saturated heterocycles. The lowest BCUT2D eigenvalue weighted by atomic mass is 10.2. The minimum Gasteiger partial charge on any atom is -0.296 e. The SMILES string of the molecule is CC(C)n1ncnc1CN1CCC(CCl)C1. The molecule has 1 fully saturated rings. The smallest absolute Gasteiger partial charge is 0.141 e. The first kappa shape index (κ1) is 11.9. The third kappa shape index (κ3) is 2.55. The van der Waals surface area contributed by atoms with Gasteiger partial charge in [-0.15, -0.1) is 11.6 Å². The summed E-state index contributed by atoms with van der Waals surface area (Å²) in [5, 5.41) is 4.25. The van der Waals surface area contributed by atoms with Gasteiger partial charge in [0, 0.05) is 18.5 Å². The van der Waals surface area contributed by atoms with E-state index in [1.165, 1.54) is 6.42 Å². The van der Waals surface area contributed by atoms with Crippen LogP contribution in [0.4, 0.5) is 0 Å². The van der Waals surface area contributed by atoms with Crippen LogP contribution >= 0.6 is 11.6 Å². The molecule has 0 saturated carbocycles. The Hall–Kier alpha value is -0.610. The Kier molecular flexibility index (Phi) is 3.82. The van der Waals surface area contributed by atoms with Gasteiger partial charge in [0.25, 0.3) is 0 Å². The van der Waals surface area contributed by atoms with Crippen molar-refractivity contribution in [3.63, 3.8) is 0 Å². The second-order valence-electron chi connectivity index (χ2n) is 4.76. The molecule has 2 rings (SSSR count). The summed E-state index contributed by atoms with van der Waals surface area (Å²) in [5.74, 6) is 2.48. The van der Waals surface area contributed by atoms with Crippen molar-refractivity contribution < 1.29 is 0 Å². The van der Waals surface area contributed by atoms with Gasteiger partial charge in [0.15, 0.2) is 0 Å². The van der Waals surface area contributed by atoms with Crippen LogP contribution in [0, 0.1) is 5.92 Å². The minimum absolute atomic E-state index is 0.379. The summed E-state index contributed by atoms with van der Waals surface area (Å²) in [6, 6.07) is 0.379. The summed E-state index contributed by atoms with van der Waals surface area (Å²) in [7, 11) is 0. The Morgan fingerprint density at radius 3 is 3.00 bits per heavy atom. The maximum atomic E-state index is 5.88. The van der Waals surface area contributed by atoms with E-state index in [4.69, 9.17) is 11.6 Å². The molecule has 5 heteroatoms. The second-order valence-corrected chi connectivity index (χ2v) is 5.07. The number of nitrogens with zero attached hydrogens (tertiary/aromatic N) is 4. The summed E-state index contributed by atoms with van der Waals surface area (Å²) in [6.07, 6.45) is 2.85. The highest BCUT2D eigenvalue weighted by Crippen LogP contribution is 2.19. The van der Waals surface area contributed by atoms with Crippen LogP contribution in [-0.2, 0) is 6.54 Å². The van der Waals surface area contributed by atoms with E-state index in [9.17, 15) is 0 Å². The number of halogens is 1. The van der Waals surface area contributed by atoms with Crippen LogP contribution < -0.4 is 0 Å². The number of aromatic nitrogens is 3. The molecule has 1 aliphatic rings. The van der Waals surface area contributed by atoms with E-state index in [1.54, 1.807) is 6.33 Å². The molecule has 1 aromatic rings. The quantitative estimate of drug-likeness (QED) is 0.757. The standard InChI is InChI=1S/C11H19ClN4/c1-9(2)16-11(13-8-14-16)7-15-4-3-10(5-12)6-15/h8-10H,3-7H2,1-2H3. The van der Waals surface area contributed by atoms with Crippen molar-refractivity contribution in [2.75, 3.05) is 19.0 Å². The van der Waals surface area contributed by atoms with Gasteiger partial charge in [0.1, 0.15) is 12.2 Å². The molecule has 1 aromatic heterocycles. The molecular weight excluding hydrogens is 224 g/mol. The van der Waals surface area contributed by atoms with Crippen LogP contribution in [-0.4, -0.2) is 38.6 Å². The maximum absolute atomic E-state index is 5.88. The summed E-state index contributed by atoms with van der Waals surface area (Å²) >= 11 is 5.88. The highest BCUT2D eigenvalue weighted by Gasteiger charge is 2.23. The van der Waals surface area contributed by atoms with Crippen LogP contribution in [0.5, 0.6) is 0 Å². The number of likely N-dealkylation sites (tertiary alicyclic amines) is 1. The van der Waals surface area contributed by atoms with Crippen molar-refractivity contribution in [2.24, 2.45) is 5.92 Å². The summed E-state index contributed by atoms with van der Waals surface area (Å²) in [6.45, 7) is 7.37. The molecule has 0 N–H and O–H groups in total. The largest absolute Gasteiger partial charge is 0.296 e. The van der Waals surface area contributed by atoms with Crippen LogP contribution in [0.25, 0.3) is 0 Å². The highest BCUT2D eigenvalue weighted by atomic mass is 35.5. The van der Waals surface area contributed by atoms with Crippen molar-refractivity contribution in [1.29, 1.82) is 0 Å². The van der Waals surface area contributed by atoms with Crippen LogP contribution in [0.3, 0.4) is 0 Å². The molecule has 0 spiro atoms. The fraction of sp³-hybridized carbons (Fsp3) is 0.818. The van der Waals surface area contributed by atoms with Crippen LogP contribution in [0.15, 0.2) is 6.33 Å². The lowest BCUT2D eigenvalue weighted by molar-refractivity contribution is 0.300. The lowest BCUT2D eigenvalue weighted by Crippen LogP contribution is -2.23. The van der Waals surface area contributed by atoms with Crippen molar-refractivity contribution in [1.82, 2.24) is 19.7 Å². The fourth-order valence-corrected chi connectivity index (χ4v) is 2.45. The van der Waals surface area contributed by atoms with Gasteiger partial charge in [0.05, 0.1) is 6.54 Å². The number of alkyl halides is 1. The molecular formula is C11H19ClN4. The monoisotopic (exact) mass is 242 g/mol. The van der Waals surface area contributed by atoms with Crippen LogP contribution in [0.2, 0.25) is 0 Å². The van der Waals surface area contributed by atoms with Gasteiger partial charge in [-0.25, -0.2) is 9.67 Å². The van der Waals surface area contributed by atoms with Gasteiger partial charge >= 0.3 is 0 Å². The van der Waals surface area contributed by atoms with Crippen LogP contribution in [0.1, 0.15) is 32.1 Å². The topological polar surface area (TPSA) is 34.0 Å². The van der Waals surface area contributed by atoms with Gasteiger partial charge in [-0.3, -0.25) is 4.90 Å². The first-order valence-electron chi connectivity index (χ1n) is 5.87. The first-order chi connectivity index (χ1) is 7.70. The predicted molar refractivity (Wildman–Crippen MR) is 64.5 cm³/mol. The summed E-state index contributed by atoms with van der Waals surface area (Å²) in [4.78, 5) is 6.74. The van der Waals surface area contributed by atoms with E-state index in [-0.39, 0.29) is 0 Å². The lowest BCUT2D eigenvalue weighted by Gasteiger charge is -2.16. The molecule has 0 radical (unpaired) electrons. The average molecular weight is 243 g/mol. The normalized spacial score (nSPS) is 22.1. The van der Waals surface area contributed by atoms with Gasteiger partial charge < -0.3 is 0 Å². The van der Waals surface area contributed by atoms with Crippen molar-refractivity contribution in [3.8, 4) is 0 Å². The Morgan fingerprint density at radius 2 is 2.38 bits per heavy atom. The van der Waals surface area contributed by atoms with E-state index < -0.39 is 0 Å². The fourth-order valence-electron chi connectivity index (χ4n) is 2.20. The maximum Gasteiger partial charge on any atom is 0.141 e. The zero-order chi connectivity index (χ0) is 11.5. The zero-order valence-corrected chi connectivity index (χ0v) is 10.7. The Balaban J connectivity index is 1.96. The summed E-state index contributed by atoms with van der Waals surface area (Å²) < 4.78 is 1.99. The van der Waals surface area contributed by atoms with E-state index in [2.05, 4.69) is 28.8 Å². The molecule has 0 aromatic carbocycles. The third-order valence-corrected chi connectivity index (χ3v) is 3.53. The Morgan fingerprint density at radius 1 is 1.56 bits per heavy atom. The van der Waals surface area contributed by atoms with Gasteiger partial charge in [-0.1, -0.05) is 0 Å². The van der Waals surface area contributed by atoms with E-state index in [1.807, 2.05) is 4.68 Å². The van der Waals surface area contributed by atoms with E-state index >= 15 is 0 Å². The van der Waals surface area contributed by atoms with Gasteiger partial charge in [0.2, 0.25) is 0 Å². The molecule has 16 heavy (non-hydrogen) atoms. The Bertz CT molecular complexity index is 336. The molecule has 2 heterocycles. The average Bonchev–Trinajstić information content (AvgIpc) is 2.87. The summed E-state index contributed by atoms with van der Waals surface area (Å²) in [5.41, 5.74) is 0. The molecule has 0 amide bonds. The number of rotatable bonds is 4. The van der Waals surface area contributed by atoms with Gasteiger partial charge in [-0.05, 0) is 32.7 Å². The Labute approximate surface area is 102 Å². The second kappa shape index (κ2) is 5.15. The first-order valence-corrected chi connectivity index (χ1v) is 6.41. The molecule has 0 bridgehead atoms. The highest BCUT2D eigenvalue weighted by molar-refractivity contribution is 6.18. The molecule has 1 aliphatic heterocycles. The van der Waals surface area contributed by atoms with E-state index in [0.29, 0.717) is 12.0 Å². The predicted octanol–water partition coefficient (Wildman–Crippen LogP) is 1.92. The van der Waals surface area contributed by atoms with Crippen molar-refractivity contribution in [3.05, 3.63) is 12.2 Å². The third-order valence-electron chi connectivity index (χ3n) is 3.09. The number of hydrogen-bond acceptors (Lipinski definition) is 3. The molecule has 1 atom stereocenters. The van der Waals surface area contributed by atoms with Crippen molar-refractivity contribution in [2.45, 2.75) is 32.9 Å². The molecule has 4 nitrogen and oxygen atoms in total. The minimum atomic E-state index is 0.379. The molecule has 1 unspecified atom stereocenters. The van der Waals surface area contributed by atoms with Gasteiger partial charge in [-0.2, -0.15) is 5.10 Å². The van der Waals surface area contributed by atoms with Crippen molar-refractivity contribution >= 4 is 11.6 Å².